The van der Waals surface area contributed by atoms with E-state index in [1.807, 2.05) is 30.3 Å². The lowest BCUT2D eigenvalue weighted by Gasteiger charge is -2.06. The molecule has 0 aliphatic carbocycles. The van der Waals surface area contributed by atoms with E-state index >= 15 is 0 Å². The van der Waals surface area contributed by atoms with Crippen LogP contribution in [0.4, 0.5) is 0 Å². The predicted octanol–water partition coefficient (Wildman–Crippen LogP) is 1.87. The molecule has 0 aliphatic rings. The summed E-state index contributed by atoms with van der Waals surface area (Å²) in [6.45, 7) is 0.279. The van der Waals surface area contributed by atoms with Crippen LogP contribution in [0.1, 0.15) is 16.2 Å². The third kappa shape index (κ3) is 3.70. The molecule has 0 saturated carbocycles. The van der Waals surface area contributed by atoms with Crippen LogP contribution >= 0.6 is 0 Å². The SMILES string of the molecule is COc1ccc(-c2cc(CNC(=O)c3cnccn3)ncn2)cc1. The Labute approximate surface area is 138 Å². The Morgan fingerprint density at radius 2 is 1.96 bits per heavy atom. The van der Waals surface area contributed by atoms with Gasteiger partial charge in [-0.15, -0.1) is 0 Å². The van der Waals surface area contributed by atoms with Gasteiger partial charge in [-0.05, 0) is 30.3 Å². The molecule has 3 aromatic rings. The summed E-state index contributed by atoms with van der Waals surface area (Å²) in [5.74, 6) is 0.483. The van der Waals surface area contributed by atoms with Gasteiger partial charge in [0.25, 0.3) is 5.91 Å². The Morgan fingerprint density at radius 3 is 2.67 bits per heavy atom. The fourth-order valence-corrected chi connectivity index (χ4v) is 2.09. The van der Waals surface area contributed by atoms with E-state index in [0.717, 1.165) is 17.0 Å². The Balaban J connectivity index is 1.70. The summed E-state index contributed by atoms with van der Waals surface area (Å²) >= 11 is 0. The first-order valence-electron chi connectivity index (χ1n) is 7.26. The van der Waals surface area contributed by atoms with E-state index in [0.29, 0.717) is 5.69 Å². The first-order valence-corrected chi connectivity index (χ1v) is 7.26. The van der Waals surface area contributed by atoms with Crippen LogP contribution in [-0.4, -0.2) is 33.0 Å². The fourth-order valence-electron chi connectivity index (χ4n) is 2.09. The number of nitrogens with zero attached hydrogens (tertiary/aromatic N) is 4. The van der Waals surface area contributed by atoms with Crippen LogP contribution in [-0.2, 0) is 6.54 Å². The number of methoxy groups -OCH3 is 1. The topological polar surface area (TPSA) is 89.9 Å². The summed E-state index contributed by atoms with van der Waals surface area (Å²) < 4.78 is 5.14. The molecule has 0 bridgehead atoms. The molecule has 0 spiro atoms. The minimum atomic E-state index is -0.298. The average Bonchev–Trinajstić information content (AvgIpc) is 2.67. The molecule has 1 amide bonds. The largest absolute Gasteiger partial charge is 0.497 e. The quantitative estimate of drug-likeness (QED) is 0.771. The first-order chi connectivity index (χ1) is 11.8. The molecule has 0 unspecified atom stereocenters. The number of rotatable bonds is 5. The Morgan fingerprint density at radius 1 is 1.12 bits per heavy atom. The molecular weight excluding hydrogens is 306 g/mol. The first kappa shape index (κ1) is 15.5. The second-order valence-electron chi connectivity index (χ2n) is 4.90. The number of hydrogen-bond acceptors (Lipinski definition) is 6. The number of benzene rings is 1. The lowest BCUT2D eigenvalue weighted by atomic mass is 10.1. The van der Waals surface area contributed by atoms with Gasteiger partial charge < -0.3 is 10.1 Å². The van der Waals surface area contributed by atoms with Crippen molar-refractivity contribution >= 4 is 5.91 Å². The van der Waals surface area contributed by atoms with Gasteiger partial charge in [-0.3, -0.25) is 9.78 Å². The number of ether oxygens (including phenoxy) is 1. The number of amides is 1. The molecule has 2 aromatic heterocycles. The normalized spacial score (nSPS) is 10.2. The van der Waals surface area contributed by atoms with Gasteiger partial charge >= 0.3 is 0 Å². The molecule has 0 radical (unpaired) electrons. The number of aromatic nitrogens is 4. The van der Waals surface area contributed by atoms with Gasteiger partial charge in [-0.2, -0.15) is 0 Å². The summed E-state index contributed by atoms with van der Waals surface area (Å²) in [6.07, 6.45) is 5.88. The van der Waals surface area contributed by atoms with E-state index < -0.39 is 0 Å². The molecule has 3 rings (SSSR count). The van der Waals surface area contributed by atoms with E-state index in [1.165, 1.54) is 24.9 Å². The Bertz CT molecular complexity index is 822. The lowest BCUT2D eigenvalue weighted by Crippen LogP contribution is -2.24. The molecule has 7 heteroatoms. The van der Waals surface area contributed by atoms with E-state index in [9.17, 15) is 4.79 Å². The molecule has 24 heavy (non-hydrogen) atoms. The molecule has 120 valence electrons. The number of carbonyl (C=O) groups excluding carboxylic acids is 1. The van der Waals surface area contributed by atoms with Crippen molar-refractivity contribution in [1.29, 1.82) is 0 Å². The molecule has 1 aromatic carbocycles. The lowest BCUT2D eigenvalue weighted by molar-refractivity contribution is 0.0945. The van der Waals surface area contributed by atoms with Crippen LogP contribution < -0.4 is 10.1 Å². The second-order valence-corrected chi connectivity index (χ2v) is 4.90. The fraction of sp³-hybridized carbons (Fsp3) is 0.118. The molecule has 0 aliphatic heterocycles. The molecule has 0 fully saturated rings. The van der Waals surface area contributed by atoms with E-state index in [1.54, 1.807) is 7.11 Å². The molecule has 7 nitrogen and oxygen atoms in total. The van der Waals surface area contributed by atoms with Crippen molar-refractivity contribution in [2.75, 3.05) is 7.11 Å². The summed E-state index contributed by atoms with van der Waals surface area (Å²) in [5, 5.41) is 2.76. The summed E-state index contributed by atoms with van der Waals surface area (Å²) in [4.78, 5) is 28.2. The highest BCUT2D eigenvalue weighted by Crippen LogP contribution is 2.20. The van der Waals surface area contributed by atoms with E-state index in [-0.39, 0.29) is 18.1 Å². The predicted molar refractivity (Wildman–Crippen MR) is 87.2 cm³/mol. The van der Waals surface area contributed by atoms with E-state index in [2.05, 4.69) is 25.3 Å². The van der Waals surface area contributed by atoms with Crippen molar-refractivity contribution in [2.45, 2.75) is 6.54 Å². The zero-order valence-electron chi connectivity index (χ0n) is 13.0. The van der Waals surface area contributed by atoms with Crippen molar-refractivity contribution in [3.63, 3.8) is 0 Å². The van der Waals surface area contributed by atoms with Crippen LogP contribution in [0.2, 0.25) is 0 Å². The van der Waals surface area contributed by atoms with Gasteiger partial charge in [0.2, 0.25) is 0 Å². The van der Waals surface area contributed by atoms with Gasteiger partial charge in [0.05, 0.1) is 31.2 Å². The maximum absolute atomic E-state index is 12.0. The maximum Gasteiger partial charge on any atom is 0.271 e. The monoisotopic (exact) mass is 321 g/mol. The third-order valence-electron chi connectivity index (χ3n) is 3.34. The third-order valence-corrected chi connectivity index (χ3v) is 3.34. The zero-order valence-corrected chi connectivity index (χ0v) is 13.0. The highest BCUT2D eigenvalue weighted by atomic mass is 16.5. The summed E-state index contributed by atoms with van der Waals surface area (Å²) in [6, 6.07) is 9.41. The molecule has 2 heterocycles. The van der Waals surface area contributed by atoms with Gasteiger partial charge in [-0.1, -0.05) is 0 Å². The number of hydrogen-bond donors (Lipinski definition) is 1. The van der Waals surface area contributed by atoms with Gasteiger partial charge in [0, 0.05) is 18.0 Å². The zero-order chi connectivity index (χ0) is 16.8. The smallest absolute Gasteiger partial charge is 0.271 e. The van der Waals surface area contributed by atoms with Crippen molar-refractivity contribution in [1.82, 2.24) is 25.3 Å². The van der Waals surface area contributed by atoms with E-state index in [4.69, 9.17) is 4.74 Å². The standard InChI is InChI=1S/C17H15N5O2/c1-24-14-4-2-12(3-5-14)15-8-13(21-11-22-15)9-20-17(23)16-10-18-6-7-19-16/h2-8,10-11H,9H2,1H3,(H,20,23). The van der Waals surface area contributed by atoms with Crippen LogP contribution in [0, 0.1) is 0 Å². The highest BCUT2D eigenvalue weighted by molar-refractivity contribution is 5.91. The van der Waals surface area contributed by atoms with Crippen LogP contribution in [0.3, 0.4) is 0 Å². The van der Waals surface area contributed by atoms with Gasteiger partial charge in [0.1, 0.15) is 17.8 Å². The molecule has 0 atom stereocenters. The van der Waals surface area contributed by atoms with Crippen molar-refractivity contribution < 1.29 is 9.53 Å². The molecule has 1 N–H and O–H groups in total. The van der Waals surface area contributed by atoms with Crippen molar-refractivity contribution in [2.24, 2.45) is 0 Å². The van der Waals surface area contributed by atoms with Crippen molar-refractivity contribution in [3.8, 4) is 17.0 Å². The second kappa shape index (κ2) is 7.28. The van der Waals surface area contributed by atoms with Gasteiger partial charge in [0.15, 0.2) is 0 Å². The number of carbonyl (C=O) groups is 1. The average molecular weight is 321 g/mol. The summed E-state index contributed by atoms with van der Waals surface area (Å²) in [7, 11) is 1.62. The Hall–Kier alpha value is -3.35. The minimum absolute atomic E-state index is 0.266. The highest BCUT2D eigenvalue weighted by Gasteiger charge is 2.08. The van der Waals surface area contributed by atoms with Crippen LogP contribution in [0.25, 0.3) is 11.3 Å². The maximum atomic E-state index is 12.0. The molecule has 0 saturated heterocycles. The summed E-state index contributed by atoms with van der Waals surface area (Å²) in [5.41, 5.74) is 2.69. The van der Waals surface area contributed by atoms with Crippen molar-refractivity contribution in [3.05, 3.63) is 66.6 Å². The number of nitrogens with one attached hydrogen (secondary N) is 1. The van der Waals surface area contributed by atoms with Gasteiger partial charge in [-0.25, -0.2) is 15.0 Å². The Kier molecular flexibility index (Phi) is 4.71. The minimum Gasteiger partial charge on any atom is -0.497 e. The van der Waals surface area contributed by atoms with Crippen LogP contribution in [0.15, 0.2) is 55.2 Å². The van der Waals surface area contributed by atoms with Crippen LogP contribution in [0.5, 0.6) is 5.75 Å². The molecular formula is C17H15N5O2.